The van der Waals surface area contributed by atoms with Crippen LogP contribution < -0.4 is 5.32 Å². The fourth-order valence-corrected chi connectivity index (χ4v) is 3.74. The molecule has 3 heteroatoms. The molecule has 2 fully saturated rings. The van der Waals surface area contributed by atoms with E-state index in [0.717, 1.165) is 17.9 Å². The number of hydrogen-bond acceptors (Lipinski definition) is 3. The van der Waals surface area contributed by atoms with Crippen LogP contribution in [0.15, 0.2) is 18.2 Å². The number of aromatic hydroxyl groups is 1. The minimum atomic E-state index is 0.177. The fraction of sp³-hybridized carbons (Fsp3) is 0.625. The van der Waals surface area contributed by atoms with Crippen molar-refractivity contribution in [1.29, 1.82) is 0 Å². The highest BCUT2D eigenvalue weighted by Gasteiger charge is 2.57. The third-order valence-corrected chi connectivity index (χ3v) is 4.85. The number of rotatable bonds is 2. The van der Waals surface area contributed by atoms with Gasteiger partial charge < -0.3 is 15.2 Å². The molecule has 2 N–H and O–H groups in total. The molecule has 3 atom stereocenters. The molecule has 0 aromatic heterocycles. The largest absolute Gasteiger partial charge is 0.508 e. The predicted molar refractivity (Wildman–Crippen MR) is 76.5 cm³/mol. The molecule has 1 saturated heterocycles. The maximum absolute atomic E-state index is 9.59. The monoisotopic (exact) mass is 261 g/mol. The van der Waals surface area contributed by atoms with E-state index >= 15 is 0 Å². The van der Waals surface area contributed by atoms with E-state index in [1.807, 2.05) is 19.1 Å². The van der Waals surface area contributed by atoms with Crippen LogP contribution in [0.5, 0.6) is 5.75 Å². The molecule has 0 radical (unpaired) electrons. The maximum atomic E-state index is 9.59. The first-order valence-corrected chi connectivity index (χ1v) is 7.18. The molecule has 0 spiro atoms. The Bertz CT molecular complexity index is 484. The summed E-state index contributed by atoms with van der Waals surface area (Å²) in [4.78, 5) is 0. The molecule has 2 aliphatic rings. The number of benzene rings is 1. The quantitative estimate of drug-likeness (QED) is 0.802. The lowest BCUT2D eigenvalue weighted by Gasteiger charge is -2.60. The number of ether oxygens (including phenoxy) is 1. The van der Waals surface area contributed by atoms with Gasteiger partial charge in [-0.2, -0.15) is 0 Å². The SMILES string of the molecule is Cc1cc(NC2C3CCCOC3C2(C)C)ccc1O. The fourth-order valence-electron chi connectivity index (χ4n) is 3.74. The lowest BCUT2D eigenvalue weighted by molar-refractivity contribution is -0.177. The molecule has 0 amide bonds. The minimum absolute atomic E-state index is 0.177. The number of fused-ring (bicyclic) bond motifs is 1. The molecule has 1 saturated carbocycles. The Balaban J connectivity index is 1.77. The Labute approximate surface area is 115 Å². The van der Waals surface area contributed by atoms with Gasteiger partial charge in [0.1, 0.15) is 5.75 Å². The van der Waals surface area contributed by atoms with Crippen molar-refractivity contribution in [1.82, 2.24) is 0 Å². The van der Waals surface area contributed by atoms with Gasteiger partial charge in [-0.05, 0) is 43.5 Å². The summed E-state index contributed by atoms with van der Waals surface area (Å²) in [5, 5.41) is 13.2. The molecule has 3 unspecified atom stereocenters. The Morgan fingerprint density at radius 1 is 1.37 bits per heavy atom. The zero-order valence-corrected chi connectivity index (χ0v) is 11.9. The lowest BCUT2D eigenvalue weighted by atomic mass is 9.55. The second-order valence-electron chi connectivity index (χ2n) is 6.54. The standard InChI is InChI=1S/C16H23NO2/c1-10-9-11(6-7-13(10)18)17-14-12-5-4-8-19-15(12)16(14,2)3/h6-7,9,12,14-15,17-18H,4-5,8H2,1-3H3. The highest BCUT2D eigenvalue weighted by molar-refractivity contribution is 5.52. The zero-order chi connectivity index (χ0) is 13.6. The van der Waals surface area contributed by atoms with Gasteiger partial charge in [0.2, 0.25) is 0 Å². The van der Waals surface area contributed by atoms with E-state index in [-0.39, 0.29) is 5.41 Å². The van der Waals surface area contributed by atoms with Crippen LogP contribution in [0.25, 0.3) is 0 Å². The van der Waals surface area contributed by atoms with E-state index in [1.165, 1.54) is 12.8 Å². The van der Waals surface area contributed by atoms with Gasteiger partial charge in [0, 0.05) is 29.7 Å². The third-order valence-electron chi connectivity index (χ3n) is 4.85. The van der Waals surface area contributed by atoms with Crippen molar-refractivity contribution in [2.24, 2.45) is 11.3 Å². The minimum Gasteiger partial charge on any atom is -0.508 e. The van der Waals surface area contributed by atoms with Gasteiger partial charge in [-0.1, -0.05) is 13.8 Å². The van der Waals surface area contributed by atoms with Crippen LogP contribution in [0.2, 0.25) is 0 Å². The number of hydrogen-bond donors (Lipinski definition) is 2. The summed E-state index contributed by atoms with van der Waals surface area (Å²) in [6.45, 7) is 7.41. The molecule has 3 rings (SSSR count). The Kier molecular flexibility index (Phi) is 2.97. The van der Waals surface area contributed by atoms with Crippen LogP contribution in [0.3, 0.4) is 0 Å². The molecule has 0 bridgehead atoms. The van der Waals surface area contributed by atoms with Crippen molar-refractivity contribution >= 4 is 5.69 Å². The molecular weight excluding hydrogens is 238 g/mol. The summed E-state index contributed by atoms with van der Waals surface area (Å²) in [5.41, 5.74) is 2.19. The van der Waals surface area contributed by atoms with Crippen molar-refractivity contribution in [3.05, 3.63) is 23.8 Å². The van der Waals surface area contributed by atoms with Crippen LogP contribution in [0.4, 0.5) is 5.69 Å². The Morgan fingerprint density at radius 3 is 2.89 bits per heavy atom. The molecule has 1 aliphatic carbocycles. The summed E-state index contributed by atoms with van der Waals surface area (Å²) in [6.07, 6.45) is 2.82. The third kappa shape index (κ3) is 2.00. The number of anilines is 1. The van der Waals surface area contributed by atoms with E-state index < -0.39 is 0 Å². The summed E-state index contributed by atoms with van der Waals surface area (Å²) >= 11 is 0. The van der Waals surface area contributed by atoms with Gasteiger partial charge in [-0.15, -0.1) is 0 Å². The van der Waals surface area contributed by atoms with Gasteiger partial charge in [0.25, 0.3) is 0 Å². The molecule has 3 nitrogen and oxygen atoms in total. The molecule has 1 aromatic carbocycles. The normalized spacial score (nSPS) is 32.3. The van der Waals surface area contributed by atoms with E-state index in [2.05, 4.69) is 19.2 Å². The molecule has 104 valence electrons. The van der Waals surface area contributed by atoms with Gasteiger partial charge in [-0.3, -0.25) is 0 Å². The lowest BCUT2D eigenvalue weighted by Crippen LogP contribution is -2.67. The number of phenols is 1. The van der Waals surface area contributed by atoms with Crippen molar-refractivity contribution in [2.75, 3.05) is 11.9 Å². The first-order valence-electron chi connectivity index (χ1n) is 7.18. The summed E-state index contributed by atoms with van der Waals surface area (Å²) in [5.74, 6) is 0.982. The van der Waals surface area contributed by atoms with Gasteiger partial charge in [0.05, 0.1) is 6.10 Å². The van der Waals surface area contributed by atoms with E-state index in [9.17, 15) is 5.11 Å². The number of phenolic OH excluding ortho intramolecular Hbond substituents is 1. The number of nitrogens with one attached hydrogen (secondary N) is 1. The highest BCUT2D eigenvalue weighted by Crippen LogP contribution is 2.52. The first kappa shape index (κ1) is 12.8. The number of aryl methyl sites for hydroxylation is 1. The van der Waals surface area contributed by atoms with E-state index in [1.54, 1.807) is 6.07 Å². The first-order chi connectivity index (χ1) is 9.00. The topological polar surface area (TPSA) is 41.5 Å². The summed E-state index contributed by atoms with van der Waals surface area (Å²) in [6, 6.07) is 6.19. The van der Waals surface area contributed by atoms with Gasteiger partial charge in [-0.25, -0.2) is 0 Å². The van der Waals surface area contributed by atoms with Crippen LogP contribution >= 0.6 is 0 Å². The van der Waals surface area contributed by atoms with E-state index in [0.29, 0.717) is 23.8 Å². The highest BCUT2D eigenvalue weighted by atomic mass is 16.5. The summed E-state index contributed by atoms with van der Waals surface area (Å²) < 4.78 is 5.92. The van der Waals surface area contributed by atoms with Crippen LogP contribution in [0, 0.1) is 18.3 Å². The second kappa shape index (κ2) is 4.41. The average molecular weight is 261 g/mol. The smallest absolute Gasteiger partial charge is 0.118 e. The Hall–Kier alpha value is -1.22. The molecule has 1 heterocycles. The Morgan fingerprint density at radius 2 is 2.16 bits per heavy atom. The molecule has 1 aliphatic heterocycles. The van der Waals surface area contributed by atoms with Crippen LogP contribution in [-0.4, -0.2) is 23.9 Å². The molecular formula is C16H23NO2. The second-order valence-corrected chi connectivity index (χ2v) is 6.54. The van der Waals surface area contributed by atoms with Crippen molar-refractivity contribution < 1.29 is 9.84 Å². The van der Waals surface area contributed by atoms with Crippen LogP contribution in [-0.2, 0) is 4.74 Å². The zero-order valence-electron chi connectivity index (χ0n) is 11.9. The maximum Gasteiger partial charge on any atom is 0.118 e. The van der Waals surface area contributed by atoms with Crippen molar-refractivity contribution in [3.8, 4) is 5.75 Å². The van der Waals surface area contributed by atoms with E-state index in [4.69, 9.17) is 4.74 Å². The van der Waals surface area contributed by atoms with Crippen molar-refractivity contribution in [3.63, 3.8) is 0 Å². The summed E-state index contributed by atoms with van der Waals surface area (Å²) in [7, 11) is 0. The predicted octanol–water partition coefficient (Wildman–Crippen LogP) is 3.32. The van der Waals surface area contributed by atoms with Gasteiger partial charge >= 0.3 is 0 Å². The van der Waals surface area contributed by atoms with Crippen molar-refractivity contribution in [2.45, 2.75) is 45.8 Å². The molecule has 19 heavy (non-hydrogen) atoms. The molecule has 1 aromatic rings. The van der Waals surface area contributed by atoms with Gasteiger partial charge in [0.15, 0.2) is 0 Å². The van der Waals surface area contributed by atoms with Crippen LogP contribution in [0.1, 0.15) is 32.3 Å². The average Bonchev–Trinajstić information content (AvgIpc) is 2.40.